The number of hydrogen-bond acceptors (Lipinski definition) is 5. The number of guanidine groups is 1. The molecule has 4 unspecified atom stereocenters. The molecular formula is C33H44N6O2. The number of benzene rings is 2. The number of anilines is 1. The highest BCUT2D eigenvalue weighted by Gasteiger charge is 2.57. The van der Waals surface area contributed by atoms with Crippen molar-refractivity contribution >= 4 is 23.6 Å². The maximum Gasteiger partial charge on any atom is 0.258 e. The van der Waals surface area contributed by atoms with E-state index >= 15 is 0 Å². The Hall–Kier alpha value is -3.36. The molecule has 3 aliphatic carbocycles. The highest BCUT2D eigenvalue weighted by molar-refractivity contribution is 5.97. The summed E-state index contributed by atoms with van der Waals surface area (Å²) in [7, 11) is 3.44. The van der Waals surface area contributed by atoms with Gasteiger partial charge < -0.3 is 15.0 Å². The fraction of sp³-hybridized carbons (Fsp3) is 0.515. The third kappa shape index (κ3) is 5.35. The third-order valence-corrected chi connectivity index (χ3v) is 10.4. The number of rotatable bonds is 5. The third-order valence-electron chi connectivity index (χ3n) is 10.4. The zero-order valence-electron chi connectivity index (χ0n) is 25.1. The van der Waals surface area contributed by atoms with E-state index in [9.17, 15) is 4.79 Å². The summed E-state index contributed by atoms with van der Waals surface area (Å²) in [6, 6.07) is 14.3. The molecule has 0 aromatic heterocycles. The summed E-state index contributed by atoms with van der Waals surface area (Å²) in [5, 5.41) is 5.64. The number of methoxy groups -OCH3 is 1. The van der Waals surface area contributed by atoms with Crippen LogP contribution in [-0.4, -0.2) is 73.1 Å². The number of fused-ring (bicyclic) bond motifs is 3. The van der Waals surface area contributed by atoms with Crippen molar-refractivity contribution in [1.82, 2.24) is 20.2 Å². The Morgan fingerprint density at radius 2 is 1.80 bits per heavy atom. The van der Waals surface area contributed by atoms with E-state index in [-0.39, 0.29) is 5.91 Å². The number of carbonyl (C=O) groups excluding carboxylic acids is 1. The Bertz CT molecular complexity index is 1330. The van der Waals surface area contributed by atoms with Crippen LogP contribution in [0.3, 0.4) is 0 Å². The van der Waals surface area contributed by atoms with Crippen molar-refractivity contribution in [3.05, 3.63) is 65.4 Å². The molecule has 0 radical (unpaired) electrons. The topological polar surface area (TPSA) is 72.4 Å². The summed E-state index contributed by atoms with van der Waals surface area (Å²) < 4.78 is 5.35. The number of nitrogens with one attached hydrogen (secondary N) is 2. The molecule has 1 saturated heterocycles. The second kappa shape index (κ2) is 11.1. The molecule has 2 aromatic rings. The number of amides is 1. The second-order valence-corrected chi connectivity index (χ2v) is 12.7. The second-order valence-electron chi connectivity index (χ2n) is 12.7. The Labute approximate surface area is 244 Å². The lowest BCUT2D eigenvalue weighted by Gasteiger charge is -2.64. The number of hydrogen-bond donors (Lipinski definition) is 2. The van der Waals surface area contributed by atoms with E-state index in [0.29, 0.717) is 23.5 Å². The lowest BCUT2D eigenvalue weighted by atomic mass is 9.44. The summed E-state index contributed by atoms with van der Waals surface area (Å²) in [6.07, 6.45) is 6.62. The minimum Gasteiger partial charge on any atom is -0.497 e. The molecule has 8 heteroatoms. The van der Waals surface area contributed by atoms with Crippen LogP contribution >= 0.6 is 0 Å². The molecule has 41 heavy (non-hydrogen) atoms. The molecule has 2 aliphatic heterocycles. The highest BCUT2D eigenvalue weighted by atomic mass is 16.5. The van der Waals surface area contributed by atoms with Gasteiger partial charge in [-0.1, -0.05) is 26.8 Å². The van der Waals surface area contributed by atoms with Crippen LogP contribution in [0.25, 0.3) is 6.08 Å². The van der Waals surface area contributed by atoms with Crippen LogP contribution in [0.15, 0.2) is 53.7 Å². The van der Waals surface area contributed by atoms with E-state index < -0.39 is 0 Å². The average Bonchev–Trinajstić information content (AvgIpc) is 3.00. The fourth-order valence-corrected chi connectivity index (χ4v) is 7.61. The summed E-state index contributed by atoms with van der Waals surface area (Å²) in [5.74, 6) is 4.02. The van der Waals surface area contributed by atoms with E-state index in [1.165, 1.54) is 12.8 Å². The van der Waals surface area contributed by atoms with Gasteiger partial charge in [-0.25, -0.2) is 5.01 Å². The Balaban J connectivity index is 0.998. The van der Waals surface area contributed by atoms with Crippen LogP contribution in [0.5, 0.6) is 5.75 Å². The van der Waals surface area contributed by atoms with Crippen molar-refractivity contribution in [2.24, 2.45) is 28.2 Å². The standard InChI is InChI=1S/C33H44N6O2/c1-22-29-19-26(33(29,2)3)20-30(22)37-14-16-39(17-15-37)36-32(34-4)35-27-9-6-24(7-10-27)31(40)38-13-12-23-8-11-28(41-5)18-25(23)21-38/h6-13,18,22,26,29-30H,14-17,19-21H2,1-5H3,(H2,34,35,36). The predicted molar refractivity (Wildman–Crippen MR) is 165 cm³/mol. The van der Waals surface area contributed by atoms with Crippen LogP contribution < -0.4 is 15.5 Å². The molecule has 4 fully saturated rings. The van der Waals surface area contributed by atoms with Gasteiger partial charge in [0.1, 0.15) is 5.75 Å². The minimum atomic E-state index is -0.0326. The molecule has 2 N–H and O–H groups in total. The molecule has 2 bridgehead atoms. The van der Waals surface area contributed by atoms with Crippen molar-refractivity contribution in [2.45, 2.75) is 46.2 Å². The van der Waals surface area contributed by atoms with E-state index in [1.807, 2.05) is 54.7 Å². The Morgan fingerprint density at radius 1 is 1.05 bits per heavy atom. The monoisotopic (exact) mass is 556 g/mol. The van der Waals surface area contributed by atoms with E-state index in [1.54, 1.807) is 19.1 Å². The SMILES string of the molecule is CN=C(Nc1ccc(C(=O)N2C=Cc3ccc(OC)cc3C2)cc1)NN1CCN(C2CC3CC(C2C)C3(C)C)CC1. The smallest absolute Gasteiger partial charge is 0.258 e. The van der Waals surface area contributed by atoms with Gasteiger partial charge in [0.2, 0.25) is 5.96 Å². The van der Waals surface area contributed by atoms with Crippen LogP contribution in [0.4, 0.5) is 5.69 Å². The molecule has 3 saturated carbocycles. The maximum atomic E-state index is 13.2. The summed E-state index contributed by atoms with van der Waals surface area (Å²) in [5.41, 5.74) is 7.72. The van der Waals surface area contributed by atoms with Gasteiger partial charge in [0.25, 0.3) is 5.91 Å². The summed E-state index contributed by atoms with van der Waals surface area (Å²) in [6.45, 7) is 12.1. The van der Waals surface area contributed by atoms with Gasteiger partial charge in [0, 0.05) is 56.7 Å². The maximum absolute atomic E-state index is 13.2. The van der Waals surface area contributed by atoms with E-state index in [0.717, 1.165) is 72.5 Å². The average molecular weight is 557 g/mol. The molecule has 8 nitrogen and oxygen atoms in total. The molecular weight excluding hydrogens is 512 g/mol. The van der Waals surface area contributed by atoms with Crippen LogP contribution in [-0.2, 0) is 6.54 Å². The van der Waals surface area contributed by atoms with Crippen molar-refractivity contribution in [3.63, 3.8) is 0 Å². The van der Waals surface area contributed by atoms with E-state index in [4.69, 9.17) is 4.74 Å². The van der Waals surface area contributed by atoms with Gasteiger partial charge in [-0.05, 0) is 89.6 Å². The lowest BCUT2D eigenvalue weighted by Crippen LogP contribution is -2.64. The molecule has 2 aromatic carbocycles. The molecule has 1 amide bonds. The Kier molecular flexibility index (Phi) is 7.55. The number of aliphatic imine (C=N–C) groups is 1. The minimum absolute atomic E-state index is 0.0326. The number of piperazine rings is 1. The zero-order chi connectivity index (χ0) is 28.7. The quantitative estimate of drug-likeness (QED) is 0.403. The molecule has 0 spiro atoms. The lowest BCUT2D eigenvalue weighted by molar-refractivity contribution is -0.143. The van der Waals surface area contributed by atoms with Gasteiger partial charge in [0.15, 0.2) is 0 Å². The number of hydrazine groups is 1. The summed E-state index contributed by atoms with van der Waals surface area (Å²) in [4.78, 5) is 22.1. The first-order valence-electron chi connectivity index (χ1n) is 15.0. The van der Waals surface area contributed by atoms with Crippen molar-refractivity contribution in [2.75, 3.05) is 45.7 Å². The first kappa shape index (κ1) is 27.8. The first-order chi connectivity index (χ1) is 19.8. The zero-order valence-corrected chi connectivity index (χ0v) is 25.1. The van der Waals surface area contributed by atoms with Gasteiger partial charge in [-0.15, -0.1) is 0 Å². The highest BCUT2D eigenvalue weighted by Crippen LogP contribution is 2.62. The molecule has 7 rings (SSSR count). The first-order valence-corrected chi connectivity index (χ1v) is 15.0. The molecule has 2 heterocycles. The number of nitrogens with zero attached hydrogens (tertiary/aromatic N) is 4. The van der Waals surface area contributed by atoms with Crippen molar-refractivity contribution < 1.29 is 9.53 Å². The summed E-state index contributed by atoms with van der Waals surface area (Å²) >= 11 is 0. The predicted octanol–water partition coefficient (Wildman–Crippen LogP) is 4.91. The largest absolute Gasteiger partial charge is 0.497 e. The van der Waals surface area contributed by atoms with E-state index in [2.05, 4.69) is 46.4 Å². The normalized spacial score (nSPS) is 27.5. The van der Waals surface area contributed by atoms with Gasteiger partial charge in [-0.3, -0.25) is 20.1 Å². The van der Waals surface area contributed by atoms with Crippen LogP contribution in [0.1, 0.15) is 55.1 Å². The molecule has 4 atom stereocenters. The van der Waals surface area contributed by atoms with Gasteiger partial charge in [-0.2, -0.15) is 0 Å². The number of carbonyl (C=O) groups is 1. The van der Waals surface area contributed by atoms with Crippen molar-refractivity contribution in [1.29, 1.82) is 0 Å². The molecule has 5 aliphatic rings. The Morgan fingerprint density at radius 3 is 2.46 bits per heavy atom. The van der Waals surface area contributed by atoms with Crippen LogP contribution in [0.2, 0.25) is 0 Å². The fourth-order valence-electron chi connectivity index (χ4n) is 7.61. The van der Waals surface area contributed by atoms with Crippen molar-refractivity contribution in [3.8, 4) is 5.75 Å². The van der Waals surface area contributed by atoms with Gasteiger partial charge in [0.05, 0.1) is 13.7 Å². The number of ether oxygens (including phenoxy) is 1. The van der Waals surface area contributed by atoms with Crippen LogP contribution in [0, 0.1) is 23.2 Å². The van der Waals surface area contributed by atoms with Gasteiger partial charge >= 0.3 is 0 Å². The molecule has 218 valence electrons.